The van der Waals surface area contributed by atoms with Gasteiger partial charge in [0.1, 0.15) is 5.71 Å². The van der Waals surface area contributed by atoms with Crippen molar-refractivity contribution in [2.75, 3.05) is 13.1 Å². The monoisotopic (exact) mass is 449 g/mol. The SMILES string of the molecule is Cc1ccc(C2=C(c3ccc(C#N)cc3)N=C(C=C3CCC4(CCNC4)CC3)C(=O)[C@H]2C)cc1. The van der Waals surface area contributed by atoms with Crippen LogP contribution in [0.1, 0.15) is 61.3 Å². The Labute approximate surface area is 202 Å². The van der Waals surface area contributed by atoms with E-state index in [1.165, 1.54) is 30.4 Å². The van der Waals surface area contributed by atoms with E-state index in [1.807, 2.05) is 31.2 Å². The molecule has 1 saturated carbocycles. The topological polar surface area (TPSA) is 65.2 Å². The molecular formula is C30H31N3O. The van der Waals surface area contributed by atoms with Gasteiger partial charge in [0.05, 0.1) is 17.3 Å². The third-order valence-corrected chi connectivity index (χ3v) is 7.84. The largest absolute Gasteiger partial charge is 0.316 e. The number of aryl methyl sites for hydroxylation is 1. The summed E-state index contributed by atoms with van der Waals surface area (Å²) in [4.78, 5) is 18.5. The number of allylic oxidation sites excluding steroid dienone is 3. The Balaban J connectivity index is 1.55. The van der Waals surface area contributed by atoms with Crippen LogP contribution in [-0.2, 0) is 4.79 Å². The molecule has 34 heavy (non-hydrogen) atoms. The van der Waals surface area contributed by atoms with Gasteiger partial charge in [-0.3, -0.25) is 4.79 Å². The van der Waals surface area contributed by atoms with Crippen LogP contribution in [0.25, 0.3) is 11.3 Å². The van der Waals surface area contributed by atoms with Gasteiger partial charge in [-0.05, 0) is 80.3 Å². The Morgan fingerprint density at radius 1 is 1.03 bits per heavy atom. The van der Waals surface area contributed by atoms with Crippen molar-refractivity contribution in [3.63, 3.8) is 0 Å². The molecule has 1 spiro atoms. The van der Waals surface area contributed by atoms with E-state index in [0.29, 0.717) is 16.7 Å². The summed E-state index contributed by atoms with van der Waals surface area (Å²) in [5.41, 5.74) is 7.91. The maximum absolute atomic E-state index is 13.5. The number of carbonyl (C=O) groups is 1. The number of Topliss-reactive ketones (excluding diaryl/α,β-unsaturated/α-hetero) is 1. The second kappa shape index (κ2) is 9.16. The van der Waals surface area contributed by atoms with E-state index in [4.69, 9.17) is 4.99 Å². The summed E-state index contributed by atoms with van der Waals surface area (Å²) in [7, 11) is 0. The highest BCUT2D eigenvalue weighted by Crippen LogP contribution is 2.43. The van der Waals surface area contributed by atoms with Crippen LogP contribution in [0.3, 0.4) is 0 Å². The molecule has 4 nitrogen and oxygen atoms in total. The first kappa shape index (κ1) is 22.5. The van der Waals surface area contributed by atoms with Crippen LogP contribution >= 0.6 is 0 Å². The molecule has 2 aromatic rings. The number of nitrogens with one attached hydrogen (secondary N) is 1. The fourth-order valence-electron chi connectivity index (χ4n) is 5.60. The van der Waals surface area contributed by atoms with Crippen LogP contribution in [0.4, 0.5) is 0 Å². The molecule has 5 rings (SSSR count). The van der Waals surface area contributed by atoms with E-state index < -0.39 is 0 Å². The van der Waals surface area contributed by atoms with Crippen LogP contribution in [0.5, 0.6) is 0 Å². The predicted molar refractivity (Wildman–Crippen MR) is 137 cm³/mol. The maximum atomic E-state index is 13.5. The van der Waals surface area contributed by atoms with Crippen molar-refractivity contribution in [1.82, 2.24) is 5.32 Å². The number of rotatable bonds is 3. The normalized spacial score (nSPS) is 24.9. The zero-order chi connectivity index (χ0) is 23.7. The average Bonchev–Trinajstić information content (AvgIpc) is 3.32. The zero-order valence-electron chi connectivity index (χ0n) is 20.0. The first-order valence-corrected chi connectivity index (χ1v) is 12.3. The predicted octanol–water partition coefficient (Wildman–Crippen LogP) is 5.87. The maximum Gasteiger partial charge on any atom is 0.188 e. The molecule has 0 unspecified atom stereocenters. The van der Waals surface area contributed by atoms with E-state index in [0.717, 1.165) is 48.3 Å². The lowest BCUT2D eigenvalue weighted by atomic mass is 9.71. The Hall–Kier alpha value is -3.29. The van der Waals surface area contributed by atoms with Gasteiger partial charge in [-0.2, -0.15) is 5.26 Å². The fraction of sp³-hybridized carbons (Fsp3) is 0.367. The fourth-order valence-corrected chi connectivity index (χ4v) is 5.60. The van der Waals surface area contributed by atoms with Gasteiger partial charge < -0.3 is 5.32 Å². The molecule has 2 aromatic carbocycles. The molecule has 2 fully saturated rings. The summed E-state index contributed by atoms with van der Waals surface area (Å²) < 4.78 is 0. The van der Waals surface area contributed by atoms with Crippen molar-refractivity contribution in [3.05, 3.63) is 82.4 Å². The van der Waals surface area contributed by atoms with Crippen molar-refractivity contribution >= 4 is 22.8 Å². The van der Waals surface area contributed by atoms with E-state index >= 15 is 0 Å². The Bertz CT molecular complexity index is 1220. The number of nitriles is 1. The summed E-state index contributed by atoms with van der Waals surface area (Å²) in [5.74, 6) is -0.199. The lowest BCUT2D eigenvalue weighted by molar-refractivity contribution is -0.114. The molecule has 1 saturated heterocycles. The smallest absolute Gasteiger partial charge is 0.188 e. The Kier molecular flexibility index (Phi) is 6.06. The minimum atomic E-state index is -0.285. The zero-order valence-corrected chi connectivity index (χ0v) is 20.0. The average molecular weight is 450 g/mol. The van der Waals surface area contributed by atoms with Gasteiger partial charge in [0.15, 0.2) is 5.78 Å². The van der Waals surface area contributed by atoms with Crippen molar-refractivity contribution < 1.29 is 4.79 Å². The molecule has 1 aliphatic carbocycles. The highest BCUT2D eigenvalue weighted by atomic mass is 16.1. The van der Waals surface area contributed by atoms with Crippen molar-refractivity contribution in [2.45, 2.75) is 46.0 Å². The molecule has 2 heterocycles. The minimum Gasteiger partial charge on any atom is -0.316 e. The summed E-state index contributed by atoms with van der Waals surface area (Å²) in [6.07, 6.45) is 7.81. The van der Waals surface area contributed by atoms with E-state index in [-0.39, 0.29) is 11.7 Å². The molecule has 2 aliphatic heterocycles. The van der Waals surface area contributed by atoms with Gasteiger partial charge in [0, 0.05) is 18.0 Å². The van der Waals surface area contributed by atoms with Crippen LogP contribution in [0, 0.1) is 29.6 Å². The van der Waals surface area contributed by atoms with Crippen molar-refractivity contribution in [2.24, 2.45) is 16.3 Å². The summed E-state index contributed by atoms with van der Waals surface area (Å²) >= 11 is 0. The standard InChI is InChI=1S/C30H31N3O/c1-20-3-7-24(8-4-20)27-21(2)29(34)26(33-28(27)25-9-5-23(18-31)6-10-25)17-22-11-13-30(14-12-22)15-16-32-19-30/h3-10,17,21,32H,11-16,19H2,1-2H3/t21-,30?/m0/s1. The van der Waals surface area contributed by atoms with Gasteiger partial charge in [-0.1, -0.05) is 54.5 Å². The Morgan fingerprint density at radius 2 is 1.71 bits per heavy atom. The van der Waals surface area contributed by atoms with E-state index in [9.17, 15) is 10.1 Å². The molecule has 1 atom stereocenters. The Morgan fingerprint density at radius 3 is 2.32 bits per heavy atom. The second-order valence-corrected chi connectivity index (χ2v) is 10.1. The molecule has 0 aromatic heterocycles. The van der Waals surface area contributed by atoms with Crippen LogP contribution in [-0.4, -0.2) is 24.6 Å². The third kappa shape index (κ3) is 4.29. The molecule has 1 N–H and O–H groups in total. The number of nitrogens with zero attached hydrogens (tertiary/aromatic N) is 2. The number of hydrogen-bond acceptors (Lipinski definition) is 4. The number of carbonyl (C=O) groups excluding carboxylic acids is 1. The number of ketones is 1. The molecule has 0 bridgehead atoms. The summed E-state index contributed by atoms with van der Waals surface area (Å²) in [5, 5.41) is 12.8. The number of hydrogen-bond donors (Lipinski definition) is 1. The van der Waals surface area contributed by atoms with Crippen LogP contribution in [0.15, 0.2) is 65.2 Å². The lowest BCUT2D eigenvalue weighted by Gasteiger charge is -2.34. The van der Waals surface area contributed by atoms with E-state index in [1.54, 1.807) is 0 Å². The number of aliphatic imine (C=N–C) groups is 1. The molecule has 0 amide bonds. The first-order chi connectivity index (χ1) is 16.5. The first-order valence-electron chi connectivity index (χ1n) is 12.3. The van der Waals surface area contributed by atoms with Gasteiger partial charge in [-0.25, -0.2) is 4.99 Å². The second-order valence-electron chi connectivity index (χ2n) is 10.1. The third-order valence-electron chi connectivity index (χ3n) is 7.84. The van der Waals surface area contributed by atoms with Gasteiger partial charge in [-0.15, -0.1) is 0 Å². The molecule has 172 valence electrons. The molecule has 3 aliphatic rings. The van der Waals surface area contributed by atoms with Crippen LogP contribution < -0.4 is 5.32 Å². The van der Waals surface area contributed by atoms with Gasteiger partial charge >= 0.3 is 0 Å². The molecule has 0 radical (unpaired) electrons. The minimum absolute atomic E-state index is 0.0864. The van der Waals surface area contributed by atoms with Crippen LogP contribution in [0.2, 0.25) is 0 Å². The van der Waals surface area contributed by atoms with Crippen molar-refractivity contribution in [3.8, 4) is 6.07 Å². The van der Waals surface area contributed by atoms with Gasteiger partial charge in [0.2, 0.25) is 0 Å². The summed E-state index contributed by atoms with van der Waals surface area (Å²) in [6.45, 7) is 6.31. The van der Waals surface area contributed by atoms with Crippen molar-refractivity contribution in [1.29, 1.82) is 5.26 Å². The molecule has 4 heteroatoms. The summed E-state index contributed by atoms with van der Waals surface area (Å²) in [6, 6.07) is 18.0. The highest BCUT2D eigenvalue weighted by Gasteiger charge is 2.37. The lowest BCUT2D eigenvalue weighted by Crippen LogP contribution is -2.29. The molecular weight excluding hydrogens is 418 g/mol. The van der Waals surface area contributed by atoms with Gasteiger partial charge in [0.25, 0.3) is 0 Å². The highest BCUT2D eigenvalue weighted by molar-refractivity contribution is 6.49. The quantitative estimate of drug-likeness (QED) is 0.637. The van der Waals surface area contributed by atoms with E-state index in [2.05, 4.69) is 48.7 Å². The number of benzene rings is 2.